The van der Waals surface area contributed by atoms with Gasteiger partial charge in [-0.2, -0.15) is 5.10 Å². The topological polar surface area (TPSA) is 41.4 Å². The summed E-state index contributed by atoms with van der Waals surface area (Å²) >= 11 is 1.70. The fourth-order valence-corrected chi connectivity index (χ4v) is 4.49. The summed E-state index contributed by atoms with van der Waals surface area (Å²) in [6.45, 7) is 3.83. The molecule has 1 aromatic carbocycles. The van der Waals surface area contributed by atoms with E-state index >= 15 is 0 Å². The number of hydrogen-bond donors (Lipinski definition) is 0. The van der Waals surface area contributed by atoms with Gasteiger partial charge in [0.05, 0.1) is 24.0 Å². The standard InChI is InChI=1S/C18H22N4OS/c1-12-13(9-19-20(12)2)10-21-11-14-8-16(21)18(23)22(14)15-6-4-5-7-17(15)24-3/h4-7,9,14,16H,8,10-11H2,1-3H3/t14-,16-/m0/s1. The van der Waals surface area contributed by atoms with Crippen LogP contribution in [0.2, 0.25) is 0 Å². The minimum Gasteiger partial charge on any atom is -0.306 e. The van der Waals surface area contributed by atoms with E-state index in [1.165, 1.54) is 16.2 Å². The van der Waals surface area contributed by atoms with Gasteiger partial charge in [0.2, 0.25) is 5.91 Å². The first-order valence-corrected chi connectivity index (χ1v) is 9.50. The molecule has 0 unspecified atom stereocenters. The van der Waals surface area contributed by atoms with Gasteiger partial charge >= 0.3 is 0 Å². The summed E-state index contributed by atoms with van der Waals surface area (Å²) in [6.07, 6.45) is 4.92. The Morgan fingerprint density at radius 1 is 1.33 bits per heavy atom. The Morgan fingerprint density at radius 2 is 2.12 bits per heavy atom. The van der Waals surface area contributed by atoms with Crippen molar-refractivity contribution in [3.8, 4) is 0 Å². The molecule has 2 aliphatic rings. The van der Waals surface area contributed by atoms with E-state index in [0.717, 1.165) is 25.2 Å². The summed E-state index contributed by atoms with van der Waals surface area (Å²) in [5.74, 6) is 0.245. The van der Waals surface area contributed by atoms with Gasteiger partial charge in [0.25, 0.3) is 0 Å². The zero-order valence-electron chi connectivity index (χ0n) is 14.3. The van der Waals surface area contributed by atoms with Gasteiger partial charge in [0.15, 0.2) is 0 Å². The molecule has 2 atom stereocenters. The molecule has 0 aliphatic carbocycles. The highest BCUT2D eigenvalue weighted by Gasteiger charge is 2.50. The number of aromatic nitrogens is 2. The lowest BCUT2D eigenvalue weighted by Gasteiger charge is -2.34. The third-order valence-corrected chi connectivity index (χ3v) is 6.11. The van der Waals surface area contributed by atoms with Crippen LogP contribution in [-0.4, -0.2) is 45.5 Å². The van der Waals surface area contributed by atoms with E-state index in [9.17, 15) is 4.79 Å². The molecule has 1 aromatic heterocycles. The van der Waals surface area contributed by atoms with E-state index in [1.54, 1.807) is 11.8 Å². The molecule has 2 saturated heterocycles. The minimum atomic E-state index is 0.00418. The molecule has 2 aromatic rings. The molecule has 24 heavy (non-hydrogen) atoms. The number of rotatable bonds is 4. The SMILES string of the molecule is CSc1ccccc1N1C(=O)[C@@H]2C[C@H]1CN2Cc1cnn(C)c1C. The monoisotopic (exact) mass is 342 g/mol. The number of thioether (sulfide) groups is 1. The number of anilines is 1. The molecule has 0 saturated carbocycles. The van der Waals surface area contributed by atoms with Gasteiger partial charge < -0.3 is 4.90 Å². The molecule has 2 aliphatic heterocycles. The highest BCUT2D eigenvalue weighted by Crippen LogP contribution is 2.40. The molecule has 5 nitrogen and oxygen atoms in total. The maximum atomic E-state index is 13.0. The summed E-state index contributed by atoms with van der Waals surface area (Å²) in [4.78, 5) is 18.5. The molecule has 0 spiro atoms. The number of fused-ring (bicyclic) bond motifs is 2. The highest BCUT2D eigenvalue weighted by atomic mass is 32.2. The summed E-state index contributed by atoms with van der Waals surface area (Å²) < 4.78 is 1.90. The van der Waals surface area contributed by atoms with Gasteiger partial charge in [0, 0.05) is 36.3 Å². The first-order chi connectivity index (χ1) is 11.6. The average Bonchev–Trinajstić information content (AvgIpc) is 3.23. The molecule has 0 radical (unpaired) electrons. The molecule has 1 amide bonds. The number of amides is 1. The first kappa shape index (κ1) is 15.7. The minimum absolute atomic E-state index is 0.00418. The van der Waals surface area contributed by atoms with Crippen LogP contribution < -0.4 is 4.90 Å². The Bertz CT molecular complexity index is 787. The van der Waals surface area contributed by atoms with Crippen LogP contribution in [0.4, 0.5) is 5.69 Å². The van der Waals surface area contributed by atoms with Crippen LogP contribution in [0.25, 0.3) is 0 Å². The van der Waals surface area contributed by atoms with Crippen LogP contribution in [0.5, 0.6) is 0 Å². The van der Waals surface area contributed by atoms with Crippen molar-refractivity contribution in [1.29, 1.82) is 0 Å². The highest BCUT2D eigenvalue weighted by molar-refractivity contribution is 7.98. The first-order valence-electron chi connectivity index (χ1n) is 8.27. The van der Waals surface area contributed by atoms with Gasteiger partial charge in [-0.3, -0.25) is 14.4 Å². The van der Waals surface area contributed by atoms with Crippen LogP contribution in [0.15, 0.2) is 35.4 Å². The van der Waals surface area contributed by atoms with Gasteiger partial charge in [-0.1, -0.05) is 12.1 Å². The number of piperazine rings is 1. The van der Waals surface area contributed by atoms with Crippen molar-refractivity contribution in [2.24, 2.45) is 7.05 Å². The van der Waals surface area contributed by atoms with Crippen LogP contribution in [-0.2, 0) is 18.4 Å². The molecule has 126 valence electrons. The smallest absolute Gasteiger partial charge is 0.244 e. The molecule has 0 N–H and O–H groups in total. The molecule has 2 fully saturated rings. The Morgan fingerprint density at radius 3 is 2.79 bits per heavy atom. The van der Waals surface area contributed by atoms with E-state index in [0.29, 0.717) is 0 Å². The third-order valence-electron chi connectivity index (χ3n) is 5.32. The van der Waals surface area contributed by atoms with Crippen LogP contribution in [0.3, 0.4) is 0 Å². The number of carbonyl (C=O) groups excluding carboxylic acids is 1. The van der Waals surface area contributed by atoms with Crippen LogP contribution in [0, 0.1) is 6.92 Å². The van der Waals surface area contributed by atoms with Crippen molar-refractivity contribution in [1.82, 2.24) is 14.7 Å². The number of para-hydroxylation sites is 1. The van der Waals surface area contributed by atoms with Crippen molar-refractivity contribution in [3.05, 3.63) is 41.7 Å². The Balaban J connectivity index is 1.55. The second kappa shape index (κ2) is 5.93. The van der Waals surface area contributed by atoms with Gasteiger partial charge in [0.1, 0.15) is 0 Å². The van der Waals surface area contributed by atoms with Crippen LogP contribution in [0.1, 0.15) is 17.7 Å². The predicted molar refractivity (Wildman–Crippen MR) is 96.3 cm³/mol. The number of hydrogen-bond acceptors (Lipinski definition) is 4. The van der Waals surface area contributed by atoms with Gasteiger partial charge in [-0.05, 0) is 31.7 Å². The van der Waals surface area contributed by atoms with E-state index < -0.39 is 0 Å². The number of likely N-dealkylation sites (tertiary alicyclic amines) is 1. The molecular formula is C18H22N4OS. The largest absolute Gasteiger partial charge is 0.306 e. The summed E-state index contributed by atoms with van der Waals surface area (Å²) in [5.41, 5.74) is 3.46. The lowest BCUT2D eigenvalue weighted by atomic mass is 10.2. The van der Waals surface area contributed by atoms with Crippen LogP contribution >= 0.6 is 11.8 Å². The Hall–Kier alpha value is -1.79. The number of carbonyl (C=O) groups is 1. The predicted octanol–water partition coefficient (Wildman–Crippen LogP) is 2.44. The van der Waals surface area contributed by atoms with E-state index in [-0.39, 0.29) is 18.0 Å². The molecular weight excluding hydrogens is 320 g/mol. The van der Waals surface area contributed by atoms with Gasteiger partial charge in [-0.15, -0.1) is 11.8 Å². The van der Waals surface area contributed by atoms with Gasteiger partial charge in [-0.25, -0.2) is 0 Å². The third kappa shape index (κ3) is 2.36. The number of aryl methyl sites for hydroxylation is 1. The number of benzene rings is 1. The molecule has 3 heterocycles. The van der Waals surface area contributed by atoms with Crippen molar-refractivity contribution in [3.63, 3.8) is 0 Å². The quantitative estimate of drug-likeness (QED) is 0.801. The molecule has 4 rings (SSSR count). The fraction of sp³-hybridized carbons (Fsp3) is 0.444. The number of nitrogens with zero attached hydrogens (tertiary/aromatic N) is 4. The average molecular weight is 342 g/mol. The molecule has 2 bridgehead atoms. The lowest BCUT2D eigenvalue weighted by molar-refractivity contribution is -0.122. The maximum absolute atomic E-state index is 13.0. The zero-order valence-corrected chi connectivity index (χ0v) is 15.1. The summed E-state index contributed by atoms with van der Waals surface area (Å²) in [7, 11) is 1.96. The van der Waals surface area contributed by atoms with Crippen molar-refractivity contribution < 1.29 is 4.79 Å². The second-order valence-electron chi connectivity index (χ2n) is 6.59. The normalized spacial score (nSPS) is 23.5. The fourth-order valence-electron chi connectivity index (χ4n) is 3.90. The second-order valence-corrected chi connectivity index (χ2v) is 7.44. The van der Waals surface area contributed by atoms with Crippen molar-refractivity contribution in [2.75, 3.05) is 17.7 Å². The summed E-state index contributed by atoms with van der Waals surface area (Å²) in [5, 5.41) is 4.32. The van der Waals surface area contributed by atoms with Crippen molar-refractivity contribution in [2.45, 2.75) is 36.9 Å². The maximum Gasteiger partial charge on any atom is 0.244 e. The zero-order chi connectivity index (χ0) is 16.8. The van der Waals surface area contributed by atoms with E-state index in [4.69, 9.17) is 0 Å². The lowest BCUT2D eigenvalue weighted by Crippen LogP contribution is -2.50. The van der Waals surface area contributed by atoms with E-state index in [2.05, 4.69) is 35.3 Å². The van der Waals surface area contributed by atoms with Crippen molar-refractivity contribution >= 4 is 23.4 Å². The van der Waals surface area contributed by atoms with E-state index in [1.807, 2.05) is 35.0 Å². The Kier molecular flexibility index (Phi) is 3.89. The molecule has 6 heteroatoms. The summed E-state index contributed by atoms with van der Waals surface area (Å²) in [6, 6.07) is 8.50. The Labute approximate surface area is 146 Å².